The molecule has 1 aliphatic heterocycles. The standard InChI is InChI=1S/C16H28N2O3/c1-4-15(3)13(19)17-16(9-7-6-8-10-16)14(20)18(15)11-12-21-5-2/h4-12H2,1-3H3,(H,17,19). The smallest absolute Gasteiger partial charge is 0.249 e. The van der Waals surface area contributed by atoms with E-state index < -0.39 is 11.1 Å². The molecule has 21 heavy (non-hydrogen) atoms. The Morgan fingerprint density at radius 1 is 1.19 bits per heavy atom. The Morgan fingerprint density at radius 2 is 1.86 bits per heavy atom. The van der Waals surface area contributed by atoms with Crippen LogP contribution in [0, 0.1) is 0 Å². The molecular weight excluding hydrogens is 268 g/mol. The number of hydrogen-bond donors (Lipinski definition) is 1. The van der Waals surface area contributed by atoms with Crippen LogP contribution in [0.3, 0.4) is 0 Å². The summed E-state index contributed by atoms with van der Waals surface area (Å²) in [5.74, 6) is 0.0776. The van der Waals surface area contributed by atoms with Gasteiger partial charge in [-0.25, -0.2) is 0 Å². The topological polar surface area (TPSA) is 58.6 Å². The number of hydrogen-bond acceptors (Lipinski definition) is 3. The maximum absolute atomic E-state index is 13.1. The fraction of sp³-hybridized carbons (Fsp3) is 0.875. The lowest BCUT2D eigenvalue weighted by molar-refractivity contribution is -0.165. The fourth-order valence-corrected chi connectivity index (χ4v) is 3.50. The highest BCUT2D eigenvalue weighted by atomic mass is 16.5. The Hall–Kier alpha value is -1.10. The molecule has 2 aliphatic rings. The lowest BCUT2D eigenvalue weighted by atomic mass is 9.76. The van der Waals surface area contributed by atoms with Gasteiger partial charge < -0.3 is 15.0 Å². The van der Waals surface area contributed by atoms with Crippen LogP contribution in [0.2, 0.25) is 0 Å². The highest BCUT2D eigenvalue weighted by Crippen LogP contribution is 2.37. The van der Waals surface area contributed by atoms with Crippen molar-refractivity contribution in [2.45, 2.75) is 70.4 Å². The first-order valence-electron chi connectivity index (χ1n) is 8.22. The molecule has 1 saturated carbocycles. The molecule has 0 aromatic heterocycles. The van der Waals surface area contributed by atoms with Crippen LogP contribution in [0.5, 0.6) is 0 Å². The van der Waals surface area contributed by atoms with Gasteiger partial charge in [0.1, 0.15) is 11.1 Å². The molecule has 1 atom stereocenters. The molecule has 1 unspecified atom stereocenters. The quantitative estimate of drug-likeness (QED) is 0.788. The third kappa shape index (κ3) is 2.80. The Bertz CT molecular complexity index is 404. The summed E-state index contributed by atoms with van der Waals surface area (Å²) in [6.45, 7) is 7.36. The number of nitrogens with one attached hydrogen (secondary N) is 1. The first kappa shape index (κ1) is 16.3. The van der Waals surface area contributed by atoms with E-state index in [1.165, 1.54) is 0 Å². The van der Waals surface area contributed by atoms with Crippen molar-refractivity contribution in [3.63, 3.8) is 0 Å². The number of carbonyl (C=O) groups excluding carboxylic acids is 2. The molecule has 1 heterocycles. The predicted octanol–water partition coefficient (Wildman–Crippen LogP) is 1.85. The third-order valence-electron chi connectivity index (χ3n) is 5.15. The van der Waals surface area contributed by atoms with Crippen molar-refractivity contribution >= 4 is 11.8 Å². The zero-order chi connectivity index (χ0) is 15.5. The maximum Gasteiger partial charge on any atom is 0.249 e. The van der Waals surface area contributed by atoms with Gasteiger partial charge >= 0.3 is 0 Å². The van der Waals surface area contributed by atoms with Gasteiger partial charge in [-0.3, -0.25) is 9.59 Å². The van der Waals surface area contributed by atoms with E-state index in [4.69, 9.17) is 4.74 Å². The van der Waals surface area contributed by atoms with E-state index in [0.29, 0.717) is 26.2 Å². The monoisotopic (exact) mass is 296 g/mol. The lowest BCUT2D eigenvalue weighted by Gasteiger charge is -2.52. The molecule has 5 heteroatoms. The van der Waals surface area contributed by atoms with Crippen molar-refractivity contribution in [1.82, 2.24) is 10.2 Å². The Kier molecular flexibility index (Phi) is 4.91. The van der Waals surface area contributed by atoms with Gasteiger partial charge in [0.15, 0.2) is 0 Å². The molecule has 1 spiro atoms. The van der Waals surface area contributed by atoms with Crippen LogP contribution in [-0.4, -0.2) is 47.6 Å². The Balaban J connectivity index is 2.25. The van der Waals surface area contributed by atoms with Crippen molar-refractivity contribution < 1.29 is 14.3 Å². The van der Waals surface area contributed by atoms with Crippen LogP contribution >= 0.6 is 0 Å². The minimum atomic E-state index is -0.753. The minimum Gasteiger partial charge on any atom is -0.380 e. The van der Waals surface area contributed by atoms with Crippen LogP contribution in [-0.2, 0) is 14.3 Å². The Morgan fingerprint density at radius 3 is 2.43 bits per heavy atom. The zero-order valence-electron chi connectivity index (χ0n) is 13.5. The van der Waals surface area contributed by atoms with E-state index in [0.717, 1.165) is 32.1 Å². The number of nitrogens with zero attached hydrogens (tertiary/aromatic N) is 1. The number of piperazine rings is 1. The van der Waals surface area contributed by atoms with Crippen LogP contribution in [0.25, 0.3) is 0 Å². The summed E-state index contributed by atoms with van der Waals surface area (Å²) in [6.07, 6.45) is 5.31. The van der Waals surface area contributed by atoms with E-state index in [2.05, 4.69) is 5.32 Å². The summed E-state index contributed by atoms with van der Waals surface area (Å²) in [6, 6.07) is 0. The van der Waals surface area contributed by atoms with Gasteiger partial charge in [0.2, 0.25) is 11.8 Å². The zero-order valence-corrected chi connectivity index (χ0v) is 13.5. The van der Waals surface area contributed by atoms with Gasteiger partial charge in [-0.15, -0.1) is 0 Å². The van der Waals surface area contributed by atoms with E-state index >= 15 is 0 Å². The molecule has 0 aromatic carbocycles. The summed E-state index contributed by atoms with van der Waals surface area (Å²) in [4.78, 5) is 27.5. The van der Waals surface area contributed by atoms with E-state index in [1.807, 2.05) is 20.8 Å². The summed E-state index contributed by atoms with van der Waals surface area (Å²) < 4.78 is 5.41. The normalized spacial score (nSPS) is 28.8. The van der Waals surface area contributed by atoms with Gasteiger partial charge in [0.25, 0.3) is 0 Å². The number of amides is 2. The summed E-state index contributed by atoms with van der Waals surface area (Å²) in [5.41, 5.74) is -1.41. The highest BCUT2D eigenvalue weighted by molar-refractivity contribution is 6.02. The number of rotatable bonds is 5. The second kappa shape index (κ2) is 6.34. The number of ether oxygens (including phenoxy) is 1. The largest absolute Gasteiger partial charge is 0.380 e. The molecule has 120 valence electrons. The highest BCUT2D eigenvalue weighted by Gasteiger charge is 2.55. The molecular formula is C16H28N2O3. The SMILES string of the molecule is CCOCCN1C(=O)C2(CCCCC2)NC(=O)C1(C)CC. The molecule has 0 bridgehead atoms. The van der Waals surface area contributed by atoms with E-state index in [9.17, 15) is 9.59 Å². The molecule has 1 saturated heterocycles. The first-order chi connectivity index (χ1) is 10.00. The van der Waals surface area contributed by atoms with Gasteiger partial charge in [-0.05, 0) is 33.1 Å². The predicted molar refractivity (Wildman–Crippen MR) is 80.9 cm³/mol. The van der Waals surface area contributed by atoms with Crippen LogP contribution in [0.15, 0.2) is 0 Å². The molecule has 2 amide bonds. The minimum absolute atomic E-state index is 0.0111. The van der Waals surface area contributed by atoms with Crippen molar-refractivity contribution in [2.24, 2.45) is 0 Å². The Labute approximate surface area is 127 Å². The summed E-state index contributed by atoms with van der Waals surface area (Å²) in [7, 11) is 0. The van der Waals surface area contributed by atoms with E-state index in [-0.39, 0.29) is 11.8 Å². The van der Waals surface area contributed by atoms with E-state index in [1.54, 1.807) is 4.90 Å². The molecule has 2 rings (SSSR count). The molecule has 5 nitrogen and oxygen atoms in total. The third-order valence-corrected chi connectivity index (χ3v) is 5.15. The fourth-order valence-electron chi connectivity index (χ4n) is 3.50. The van der Waals surface area contributed by atoms with Gasteiger partial charge in [-0.2, -0.15) is 0 Å². The van der Waals surface area contributed by atoms with Crippen LogP contribution < -0.4 is 5.32 Å². The van der Waals surface area contributed by atoms with Crippen molar-refractivity contribution in [3.05, 3.63) is 0 Å². The van der Waals surface area contributed by atoms with Crippen molar-refractivity contribution in [3.8, 4) is 0 Å². The second-order valence-electron chi connectivity index (χ2n) is 6.38. The average molecular weight is 296 g/mol. The van der Waals surface area contributed by atoms with Crippen LogP contribution in [0.1, 0.15) is 59.3 Å². The van der Waals surface area contributed by atoms with Gasteiger partial charge in [-0.1, -0.05) is 26.2 Å². The molecule has 0 radical (unpaired) electrons. The van der Waals surface area contributed by atoms with Gasteiger partial charge in [0.05, 0.1) is 6.61 Å². The second-order valence-corrected chi connectivity index (χ2v) is 6.38. The maximum atomic E-state index is 13.1. The molecule has 0 aromatic rings. The van der Waals surface area contributed by atoms with Crippen molar-refractivity contribution in [2.75, 3.05) is 19.8 Å². The van der Waals surface area contributed by atoms with Crippen LogP contribution in [0.4, 0.5) is 0 Å². The molecule has 2 fully saturated rings. The molecule has 1 N–H and O–H groups in total. The number of carbonyl (C=O) groups is 2. The van der Waals surface area contributed by atoms with Gasteiger partial charge in [0, 0.05) is 13.2 Å². The first-order valence-corrected chi connectivity index (χ1v) is 8.22. The van der Waals surface area contributed by atoms with Crippen molar-refractivity contribution in [1.29, 1.82) is 0 Å². The molecule has 1 aliphatic carbocycles. The lowest BCUT2D eigenvalue weighted by Crippen LogP contribution is -2.75. The summed E-state index contributed by atoms with van der Waals surface area (Å²) in [5, 5.41) is 3.07. The average Bonchev–Trinajstić information content (AvgIpc) is 2.50. The summed E-state index contributed by atoms with van der Waals surface area (Å²) >= 11 is 0.